The number of halogens is 1. The zero-order chi connectivity index (χ0) is 12.0. The summed E-state index contributed by atoms with van der Waals surface area (Å²) >= 11 is 3.38. The van der Waals surface area contributed by atoms with Gasteiger partial charge in [-0.3, -0.25) is 4.79 Å². The Bertz CT molecular complexity index is 599. The molecule has 17 heavy (non-hydrogen) atoms. The number of aromatic nitrogens is 3. The fourth-order valence-corrected chi connectivity index (χ4v) is 2.80. The van der Waals surface area contributed by atoms with E-state index in [2.05, 4.69) is 32.3 Å². The number of ketones is 1. The standard InChI is InChI=1S/C12H10BrN3O/c1-16-11(12(13)14-15-16)8-2-4-9-7(6-8)3-5-10(9)17/h2,4,6H,3,5H2,1H3. The van der Waals surface area contributed by atoms with Gasteiger partial charge < -0.3 is 0 Å². The second kappa shape index (κ2) is 3.77. The van der Waals surface area contributed by atoms with Gasteiger partial charge in [0.2, 0.25) is 0 Å². The van der Waals surface area contributed by atoms with Gasteiger partial charge in [-0.25, -0.2) is 4.68 Å². The van der Waals surface area contributed by atoms with Crippen LogP contribution in [0.2, 0.25) is 0 Å². The van der Waals surface area contributed by atoms with Crippen LogP contribution in [0.15, 0.2) is 22.8 Å². The molecule has 2 aromatic rings. The molecule has 0 radical (unpaired) electrons. The van der Waals surface area contributed by atoms with Crippen LogP contribution in [0.5, 0.6) is 0 Å². The number of nitrogens with zero attached hydrogens (tertiary/aromatic N) is 3. The van der Waals surface area contributed by atoms with Crippen molar-refractivity contribution in [1.29, 1.82) is 0 Å². The fraction of sp³-hybridized carbons (Fsp3) is 0.250. The van der Waals surface area contributed by atoms with Gasteiger partial charge in [0.05, 0.1) is 0 Å². The van der Waals surface area contributed by atoms with Gasteiger partial charge in [0, 0.05) is 24.6 Å². The largest absolute Gasteiger partial charge is 0.294 e. The van der Waals surface area contributed by atoms with Crippen LogP contribution in [-0.4, -0.2) is 20.8 Å². The quantitative estimate of drug-likeness (QED) is 0.810. The number of benzene rings is 1. The second-order valence-corrected chi connectivity index (χ2v) is 4.90. The zero-order valence-electron chi connectivity index (χ0n) is 9.27. The Kier molecular flexibility index (Phi) is 2.36. The third-order valence-corrected chi connectivity index (χ3v) is 3.62. The third-order valence-electron chi connectivity index (χ3n) is 3.09. The van der Waals surface area contributed by atoms with Crippen LogP contribution in [0.1, 0.15) is 22.3 Å². The van der Waals surface area contributed by atoms with Gasteiger partial charge >= 0.3 is 0 Å². The molecule has 0 saturated heterocycles. The lowest BCUT2D eigenvalue weighted by atomic mass is 10.0. The molecule has 0 atom stereocenters. The van der Waals surface area contributed by atoms with Crippen molar-refractivity contribution in [3.05, 3.63) is 33.9 Å². The van der Waals surface area contributed by atoms with Crippen molar-refractivity contribution in [2.24, 2.45) is 7.05 Å². The van der Waals surface area contributed by atoms with E-state index in [0.29, 0.717) is 6.42 Å². The van der Waals surface area contributed by atoms with Crippen LogP contribution in [0, 0.1) is 0 Å². The number of aryl methyl sites for hydroxylation is 2. The number of rotatable bonds is 1. The highest BCUT2D eigenvalue weighted by Crippen LogP contribution is 2.30. The number of Topliss-reactive ketones (excluding diaryl/α,β-unsaturated/α-hetero) is 1. The van der Waals surface area contributed by atoms with Crippen molar-refractivity contribution < 1.29 is 4.79 Å². The summed E-state index contributed by atoms with van der Waals surface area (Å²) in [4.78, 5) is 11.6. The Labute approximate surface area is 107 Å². The topological polar surface area (TPSA) is 47.8 Å². The van der Waals surface area contributed by atoms with Crippen molar-refractivity contribution in [2.75, 3.05) is 0 Å². The van der Waals surface area contributed by atoms with Crippen molar-refractivity contribution in [3.63, 3.8) is 0 Å². The molecule has 0 fully saturated rings. The lowest BCUT2D eigenvalue weighted by Gasteiger charge is -2.04. The first kappa shape index (κ1) is 10.7. The molecule has 1 aliphatic carbocycles. The van der Waals surface area contributed by atoms with Gasteiger partial charge in [0.25, 0.3) is 0 Å². The van der Waals surface area contributed by atoms with Crippen LogP contribution < -0.4 is 0 Å². The molecule has 0 bridgehead atoms. The first-order chi connectivity index (χ1) is 8.16. The van der Waals surface area contributed by atoms with Crippen molar-refractivity contribution in [1.82, 2.24) is 15.0 Å². The van der Waals surface area contributed by atoms with E-state index in [1.807, 2.05) is 19.2 Å². The molecule has 1 heterocycles. The van der Waals surface area contributed by atoms with Gasteiger partial charge in [-0.2, -0.15) is 0 Å². The molecular formula is C12H10BrN3O. The minimum absolute atomic E-state index is 0.244. The number of fused-ring (bicyclic) bond motifs is 1. The molecule has 0 unspecified atom stereocenters. The minimum Gasteiger partial charge on any atom is -0.294 e. The van der Waals surface area contributed by atoms with Crippen LogP contribution in [0.3, 0.4) is 0 Å². The smallest absolute Gasteiger partial charge is 0.163 e. The normalized spacial score (nSPS) is 14.1. The number of hydrogen-bond donors (Lipinski definition) is 0. The molecule has 86 valence electrons. The molecule has 0 N–H and O–H groups in total. The summed E-state index contributed by atoms with van der Waals surface area (Å²) in [5.41, 5.74) is 3.96. The van der Waals surface area contributed by atoms with E-state index in [1.165, 1.54) is 0 Å². The van der Waals surface area contributed by atoms with E-state index in [1.54, 1.807) is 4.68 Å². The van der Waals surface area contributed by atoms with E-state index in [0.717, 1.165) is 33.4 Å². The van der Waals surface area contributed by atoms with Crippen LogP contribution >= 0.6 is 15.9 Å². The number of carbonyl (C=O) groups is 1. The first-order valence-corrected chi connectivity index (χ1v) is 6.18. The van der Waals surface area contributed by atoms with E-state index < -0.39 is 0 Å². The van der Waals surface area contributed by atoms with Crippen LogP contribution in [0.25, 0.3) is 11.3 Å². The molecule has 3 rings (SSSR count). The zero-order valence-corrected chi connectivity index (χ0v) is 10.9. The molecule has 5 heteroatoms. The number of hydrogen-bond acceptors (Lipinski definition) is 3. The first-order valence-electron chi connectivity index (χ1n) is 5.38. The Hall–Kier alpha value is -1.49. The number of carbonyl (C=O) groups excluding carboxylic acids is 1. The molecular weight excluding hydrogens is 282 g/mol. The third kappa shape index (κ3) is 1.61. The summed E-state index contributed by atoms with van der Waals surface area (Å²) in [6.07, 6.45) is 1.47. The predicted molar refractivity (Wildman–Crippen MR) is 66.8 cm³/mol. The van der Waals surface area contributed by atoms with Crippen molar-refractivity contribution in [2.45, 2.75) is 12.8 Å². The van der Waals surface area contributed by atoms with Gasteiger partial charge in [-0.15, -0.1) is 5.10 Å². The average molecular weight is 292 g/mol. The Morgan fingerprint density at radius 1 is 1.35 bits per heavy atom. The summed E-state index contributed by atoms with van der Waals surface area (Å²) in [5, 5.41) is 7.92. The average Bonchev–Trinajstić information content (AvgIpc) is 2.83. The summed E-state index contributed by atoms with van der Waals surface area (Å²) in [6.45, 7) is 0. The molecule has 1 aliphatic rings. The Balaban J connectivity index is 2.15. The highest BCUT2D eigenvalue weighted by Gasteiger charge is 2.20. The monoisotopic (exact) mass is 291 g/mol. The van der Waals surface area contributed by atoms with Crippen LogP contribution in [0.4, 0.5) is 0 Å². The predicted octanol–water partition coefficient (Wildman–Crippen LogP) is 2.37. The summed E-state index contributed by atoms with van der Waals surface area (Å²) in [7, 11) is 1.85. The highest BCUT2D eigenvalue weighted by atomic mass is 79.9. The second-order valence-electron chi connectivity index (χ2n) is 4.15. The van der Waals surface area contributed by atoms with Gasteiger partial charge in [-0.1, -0.05) is 17.3 Å². The molecule has 1 aromatic heterocycles. The van der Waals surface area contributed by atoms with Gasteiger partial charge in [0.1, 0.15) is 5.69 Å². The summed E-state index contributed by atoms with van der Waals surface area (Å²) in [5.74, 6) is 0.244. The van der Waals surface area contributed by atoms with Gasteiger partial charge in [0.15, 0.2) is 10.4 Å². The lowest BCUT2D eigenvalue weighted by molar-refractivity contribution is 0.0994. The minimum atomic E-state index is 0.244. The van der Waals surface area contributed by atoms with Crippen molar-refractivity contribution in [3.8, 4) is 11.3 Å². The molecule has 0 aliphatic heterocycles. The summed E-state index contributed by atoms with van der Waals surface area (Å²) < 4.78 is 2.45. The van der Waals surface area contributed by atoms with Crippen LogP contribution in [-0.2, 0) is 13.5 Å². The molecule has 4 nitrogen and oxygen atoms in total. The maximum Gasteiger partial charge on any atom is 0.163 e. The van der Waals surface area contributed by atoms with Crippen molar-refractivity contribution >= 4 is 21.7 Å². The van der Waals surface area contributed by atoms with E-state index in [4.69, 9.17) is 0 Å². The van der Waals surface area contributed by atoms with Gasteiger partial charge in [-0.05, 0) is 34.0 Å². The summed E-state index contributed by atoms with van der Waals surface area (Å²) in [6, 6.07) is 5.91. The Morgan fingerprint density at radius 2 is 2.18 bits per heavy atom. The molecule has 0 spiro atoms. The molecule has 1 aromatic carbocycles. The van der Waals surface area contributed by atoms with E-state index in [-0.39, 0.29) is 5.78 Å². The van der Waals surface area contributed by atoms with E-state index >= 15 is 0 Å². The molecule has 0 saturated carbocycles. The molecule has 0 amide bonds. The maximum atomic E-state index is 11.6. The fourth-order valence-electron chi connectivity index (χ4n) is 2.24. The lowest BCUT2D eigenvalue weighted by Crippen LogP contribution is -1.96. The Morgan fingerprint density at radius 3 is 2.88 bits per heavy atom. The maximum absolute atomic E-state index is 11.6. The SMILES string of the molecule is Cn1nnc(Br)c1-c1ccc2c(c1)CCC2=O. The van der Waals surface area contributed by atoms with E-state index in [9.17, 15) is 4.79 Å². The highest BCUT2D eigenvalue weighted by molar-refractivity contribution is 9.10.